The number of aromatic nitrogens is 1. The molecule has 1 unspecified atom stereocenters. The normalized spacial score (nSPS) is 18.1. The molecular weight excluding hydrogens is 344 g/mol. The molecule has 0 spiro atoms. The van der Waals surface area contributed by atoms with Crippen LogP contribution in [-0.4, -0.2) is 43.2 Å². The second-order valence-electron chi connectivity index (χ2n) is 6.38. The van der Waals surface area contributed by atoms with Crippen LogP contribution in [0.2, 0.25) is 0 Å². The molecule has 27 heavy (non-hydrogen) atoms. The van der Waals surface area contributed by atoms with E-state index >= 15 is 0 Å². The van der Waals surface area contributed by atoms with Crippen molar-refractivity contribution in [3.63, 3.8) is 0 Å². The summed E-state index contributed by atoms with van der Waals surface area (Å²) >= 11 is 0. The molecule has 1 aliphatic carbocycles. The van der Waals surface area contributed by atoms with Crippen molar-refractivity contribution in [1.29, 1.82) is 0 Å². The third-order valence-electron chi connectivity index (χ3n) is 4.35. The highest BCUT2D eigenvalue weighted by Gasteiger charge is 2.22. The number of rotatable bonds is 7. The highest BCUT2D eigenvalue weighted by molar-refractivity contribution is 6.07. The minimum absolute atomic E-state index is 0.0958. The number of amides is 1. The molecule has 0 N–H and O–H groups in total. The fourth-order valence-electron chi connectivity index (χ4n) is 2.89. The summed E-state index contributed by atoms with van der Waals surface area (Å²) in [5.74, 6) is 0.172. The van der Waals surface area contributed by atoms with Gasteiger partial charge in [-0.3, -0.25) is 14.5 Å². The molecular formula is C21H22N2O4. The first-order valence-electron chi connectivity index (χ1n) is 9.08. The lowest BCUT2D eigenvalue weighted by molar-refractivity contribution is -0.146. The van der Waals surface area contributed by atoms with Gasteiger partial charge in [0.15, 0.2) is 0 Å². The van der Waals surface area contributed by atoms with Crippen molar-refractivity contribution in [3.05, 3.63) is 59.7 Å². The lowest BCUT2D eigenvalue weighted by Gasteiger charge is -2.23. The summed E-state index contributed by atoms with van der Waals surface area (Å²) in [6.45, 7) is 1.96. The maximum Gasteiger partial charge on any atom is 0.307 e. The van der Waals surface area contributed by atoms with Gasteiger partial charge in [0.2, 0.25) is 0 Å². The number of carbonyl (C=O) groups is 2. The van der Waals surface area contributed by atoms with Gasteiger partial charge < -0.3 is 9.47 Å². The Kier molecular flexibility index (Phi) is 6.78. The zero-order valence-electron chi connectivity index (χ0n) is 15.1. The molecule has 1 saturated heterocycles. The van der Waals surface area contributed by atoms with E-state index in [0.29, 0.717) is 24.6 Å². The third-order valence-corrected chi connectivity index (χ3v) is 4.35. The molecule has 1 amide bonds. The fourth-order valence-corrected chi connectivity index (χ4v) is 2.89. The van der Waals surface area contributed by atoms with Gasteiger partial charge in [-0.15, -0.1) is 0 Å². The molecule has 1 aliphatic heterocycles. The molecule has 3 rings (SSSR count). The molecule has 1 aromatic heterocycles. The number of allylic oxidation sites excluding steroid dienone is 2. The predicted octanol–water partition coefficient (Wildman–Crippen LogP) is 2.58. The van der Waals surface area contributed by atoms with E-state index in [1.807, 2.05) is 0 Å². The van der Waals surface area contributed by atoms with Gasteiger partial charge in [-0.1, -0.05) is 17.5 Å². The van der Waals surface area contributed by atoms with Crippen LogP contribution < -0.4 is 4.90 Å². The standard InChI is InChI=1S/C21H22N2O4/c24-20(27-16-17-7-6-14-26-15-17)11-13-23(19-10-4-5-12-22-19)21(25)18-8-2-1-3-9-18/h2,4-5,8-10,12,17H,6-7,11,13-16H2. The summed E-state index contributed by atoms with van der Waals surface area (Å²) in [4.78, 5) is 30.7. The quantitative estimate of drug-likeness (QED) is 0.548. The van der Waals surface area contributed by atoms with Crippen LogP contribution in [-0.2, 0) is 19.1 Å². The Hall–Kier alpha value is -2.91. The first-order valence-corrected chi connectivity index (χ1v) is 9.08. The maximum atomic E-state index is 12.8. The highest BCUT2D eigenvalue weighted by Crippen LogP contribution is 2.17. The van der Waals surface area contributed by atoms with Crippen molar-refractivity contribution in [1.82, 2.24) is 4.98 Å². The van der Waals surface area contributed by atoms with Gasteiger partial charge in [-0.05, 0) is 37.1 Å². The van der Waals surface area contributed by atoms with Crippen molar-refractivity contribution in [2.75, 3.05) is 31.3 Å². The minimum atomic E-state index is -0.331. The molecule has 6 nitrogen and oxygen atoms in total. The molecule has 0 aromatic carbocycles. The lowest BCUT2D eigenvalue weighted by atomic mass is 10.0. The van der Waals surface area contributed by atoms with Gasteiger partial charge in [0.1, 0.15) is 5.82 Å². The number of ether oxygens (including phenoxy) is 2. The van der Waals surface area contributed by atoms with Crippen LogP contribution >= 0.6 is 0 Å². The average molecular weight is 366 g/mol. The molecule has 1 atom stereocenters. The maximum absolute atomic E-state index is 12.8. The van der Waals surface area contributed by atoms with Crippen LogP contribution in [0, 0.1) is 5.92 Å². The van der Waals surface area contributed by atoms with E-state index in [0.717, 1.165) is 19.4 Å². The van der Waals surface area contributed by atoms with E-state index in [1.54, 1.807) is 42.6 Å². The number of anilines is 1. The first-order chi connectivity index (χ1) is 13.2. The molecule has 2 aliphatic rings. The molecule has 1 aromatic rings. The summed E-state index contributed by atoms with van der Waals surface area (Å²) in [5.41, 5.74) is 6.01. The second-order valence-corrected chi connectivity index (χ2v) is 6.38. The number of nitrogens with zero attached hydrogens (tertiary/aromatic N) is 2. The van der Waals surface area contributed by atoms with Gasteiger partial charge >= 0.3 is 5.97 Å². The average Bonchev–Trinajstić information content (AvgIpc) is 2.74. The SMILES string of the molecule is O=C(CCN(C(=O)C1=CC=C=C=C1)c1ccccn1)OCC1CCCOC1. The van der Waals surface area contributed by atoms with Crippen molar-refractivity contribution in [2.45, 2.75) is 19.3 Å². The molecule has 140 valence electrons. The van der Waals surface area contributed by atoms with E-state index in [1.165, 1.54) is 4.90 Å². The van der Waals surface area contributed by atoms with Crippen LogP contribution in [0.4, 0.5) is 5.82 Å². The van der Waals surface area contributed by atoms with E-state index in [4.69, 9.17) is 9.47 Å². The minimum Gasteiger partial charge on any atom is -0.465 e. The van der Waals surface area contributed by atoms with E-state index in [9.17, 15) is 9.59 Å². The van der Waals surface area contributed by atoms with Crippen molar-refractivity contribution < 1.29 is 19.1 Å². The van der Waals surface area contributed by atoms with Gasteiger partial charge in [-0.25, -0.2) is 4.98 Å². The summed E-state index contributed by atoms with van der Waals surface area (Å²) in [6.07, 6.45) is 8.57. The molecule has 0 radical (unpaired) electrons. The van der Waals surface area contributed by atoms with Crippen LogP contribution in [0.25, 0.3) is 0 Å². The third kappa shape index (κ3) is 5.53. The summed E-state index contributed by atoms with van der Waals surface area (Å²) < 4.78 is 10.8. The number of hydrogen-bond donors (Lipinski definition) is 0. The Balaban J connectivity index is 1.59. The Bertz CT molecular complexity index is 797. The molecule has 0 saturated carbocycles. The fraction of sp³-hybridized carbons (Fsp3) is 0.381. The first kappa shape index (κ1) is 18.9. The van der Waals surface area contributed by atoms with E-state index in [-0.39, 0.29) is 30.8 Å². The van der Waals surface area contributed by atoms with Crippen LogP contribution in [0.5, 0.6) is 0 Å². The number of pyridine rings is 1. The monoisotopic (exact) mass is 366 g/mol. The van der Waals surface area contributed by atoms with E-state index in [2.05, 4.69) is 16.4 Å². The zero-order chi connectivity index (χ0) is 18.9. The second kappa shape index (κ2) is 9.70. The van der Waals surface area contributed by atoms with Crippen molar-refractivity contribution in [2.24, 2.45) is 5.92 Å². The van der Waals surface area contributed by atoms with Crippen LogP contribution in [0.3, 0.4) is 0 Å². The topological polar surface area (TPSA) is 68.7 Å². The van der Waals surface area contributed by atoms with Gasteiger partial charge in [0.05, 0.1) is 19.6 Å². The van der Waals surface area contributed by atoms with Gasteiger partial charge in [-0.2, -0.15) is 0 Å². The molecule has 6 heteroatoms. The van der Waals surface area contributed by atoms with Crippen LogP contribution in [0.1, 0.15) is 19.3 Å². The Morgan fingerprint density at radius 3 is 2.96 bits per heavy atom. The highest BCUT2D eigenvalue weighted by atomic mass is 16.5. The molecule has 2 heterocycles. The summed E-state index contributed by atoms with van der Waals surface area (Å²) in [5, 5.41) is 0. The Morgan fingerprint density at radius 2 is 2.26 bits per heavy atom. The zero-order valence-corrected chi connectivity index (χ0v) is 15.1. The lowest BCUT2D eigenvalue weighted by Crippen LogP contribution is -2.35. The van der Waals surface area contributed by atoms with Gasteiger partial charge in [0, 0.05) is 36.9 Å². The number of carbonyl (C=O) groups excluding carboxylic acids is 2. The van der Waals surface area contributed by atoms with Crippen molar-refractivity contribution >= 4 is 17.7 Å². The Morgan fingerprint density at radius 1 is 1.33 bits per heavy atom. The van der Waals surface area contributed by atoms with E-state index < -0.39 is 0 Å². The number of hydrogen-bond acceptors (Lipinski definition) is 5. The van der Waals surface area contributed by atoms with Crippen LogP contribution in [0.15, 0.2) is 59.7 Å². The molecule has 0 bridgehead atoms. The molecule has 1 fully saturated rings. The largest absolute Gasteiger partial charge is 0.465 e. The predicted molar refractivity (Wildman–Crippen MR) is 100.0 cm³/mol. The Labute approximate surface area is 158 Å². The summed E-state index contributed by atoms with van der Waals surface area (Å²) in [6, 6.07) is 5.31. The van der Waals surface area contributed by atoms with Crippen molar-refractivity contribution in [3.8, 4) is 0 Å². The smallest absolute Gasteiger partial charge is 0.307 e. The number of esters is 1. The summed E-state index contributed by atoms with van der Waals surface area (Å²) in [7, 11) is 0. The van der Waals surface area contributed by atoms with Gasteiger partial charge in [0.25, 0.3) is 5.91 Å².